The van der Waals surface area contributed by atoms with Crippen molar-refractivity contribution in [1.29, 1.82) is 0 Å². The van der Waals surface area contributed by atoms with Gasteiger partial charge in [0.1, 0.15) is 11.4 Å². The predicted molar refractivity (Wildman–Crippen MR) is 142 cm³/mol. The standard InChI is InChI=1S/C28H28N8O/c1-20-6-8-23(9-7-20)36-26(32-28(37)24-18-31-35-15-5-11-30-27(24)35)17-25(33-36)21-10-12-29-22(16-21)19-34-13-3-2-4-14-34/h5-12,15-18H,2-4,13-14,19H2,1H3,(H,32,37). The van der Waals surface area contributed by atoms with Crippen molar-refractivity contribution in [2.75, 3.05) is 18.4 Å². The van der Waals surface area contributed by atoms with Crippen molar-refractivity contribution in [2.24, 2.45) is 0 Å². The number of likely N-dealkylation sites (tertiary alicyclic amines) is 1. The molecule has 0 aliphatic carbocycles. The molecule has 1 fully saturated rings. The molecule has 0 bridgehead atoms. The molecule has 37 heavy (non-hydrogen) atoms. The average molecular weight is 493 g/mol. The highest BCUT2D eigenvalue weighted by atomic mass is 16.1. The number of aryl methyl sites for hydroxylation is 1. The van der Waals surface area contributed by atoms with Crippen LogP contribution in [0, 0.1) is 6.92 Å². The molecule has 1 aromatic carbocycles. The summed E-state index contributed by atoms with van der Waals surface area (Å²) in [6.07, 6.45) is 10.6. The van der Waals surface area contributed by atoms with Gasteiger partial charge >= 0.3 is 0 Å². The Morgan fingerprint density at radius 2 is 1.84 bits per heavy atom. The Hall–Kier alpha value is -4.37. The van der Waals surface area contributed by atoms with Crippen LogP contribution in [0.1, 0.15) is 40.9 Å². The second-order valence-corrected chi connectivity index (χ2v) is 9.44. The summed E-state index contributed by atoms with van der Waals surface area (Å²) in [6, 6.07) is 15.8. The summed E-state index contributed by atoms with van der Waals surface area (Å²) in [5.41, 5.74) is 5.64. The van der Waals surface area contributed by atoms with Gasteiger partial charge in [-0.3, -0.25) is 14.7 Å². The van der Waals surface area contributed by atoms with Gasteiger partial charge in [-0.05, 0) is 63.2 Å². The SMILES string of the molecule is Cc1ccc(-n2nc(-c3ccnc(CN4CCCCC4)c3)cc2NC(=O)c2cnn3cccnc23)cc1. The minimum absolute atomic E-state index is 0.297. The Kier molecular flexibility index (Phi) is 6.20. The van der Waals surface area contributed by atoms with Gasteiger partial charge in [0, 0.05) is 36.8 Å². The van der Waals surface area contributed by atoms with Gasteiger partial charge in [0.2, 0.25) is 0 Å². The Labute approximate surface area is 214 Å². The lowest BCUT2D eigenvalue weighted by Crippen LogP contribution is -2.29. The van der Waals surface area contributed by atoms with E-state index in [1.165, 1.54) is 25.5 Å². The van der Waals surface area contributed by atoms with E-state index in [2.05, 4.69) is 31.3 Å². The molecule has 5 aromatic rings. The van der Waals surface area contributed by atoms with E-state index in [0.717, 1.165) is 47.8 Å². The van der Waals surface area contributed by atoms with Crippen molar-refractivity contribution in [3.8, 4) is 16.9 Å². The smallest absolute Gasteiger partial charge is 0.262 e. The molecule has 0 unspecified atom stereocenters. The minimum Gasteiger partial charge on any atom is -0.306 e. The van der Waals surface area contributed by atoms with E-state index in [1.807, 2.05) is 49.5 Å². The molecule has 1 aliphatic heterocycles. The number of fused-ring (bicyclic) bond motifs is 1. The number of carbonyl (C=O) groups excluding carboxylic acids is 1. The van der Waals surface area contributed by atoms with Gasteiger partial charge in [-0.2, -0.15) is 10.2 Å². The Morgan fingerprint density at radius 1 is 1.00 bits per heavy atom. The van der Waals surface area contributed by atoms with Crippen molar-refractivity contribution in [3.05, 3.63) is 90.1 Å². The van der Waals surface area contributed by atoms with E-state index in [0.29, 0.717) is 17.0 Å². The largest absolute Gasteiger partial charge is 0.306 e. The molecule has 1 saturated heterocycles. The fourth-order valence-corrected chi connectivity index (χ4v) is 4.74. The number of nitrogens with zero attached hydrogens (tertiary/aromatic N) is 7. The van der Waals surface area contributed by atoms with Crippen molar-refractivity contribution in [2.45, 2.75) is 32.7 Å². The summed E-state index contributed by atoms with van der Waals surface area (Å²) in [5.74, 6) is 0.266. The molecule has 5 heterocycles. The third kappa shape index (κ3) is 4.85. The third-order valence-electron chi connectivity index (χ3n) is 6.70. The third-order valence-corrected chi connectivity index (χ3v) is 6.70. The number of amides is 1. The first-order valence-corrected chi connectivity index (χ1v) is 12.6. The van der Waals surface area contributed by atoms with Crippen LogP contribution in [0.3, 0.4) is 0 Å². The molecule has 0 atom stereocenters. The fraction of sp³-hybridized carbons (Fsp3) is 0.250. The summed E-state index contributed by atoms with van der Waals surface area (Å²) < 4.78 is 3.34. The van der Waals surface area contributed by atoms with Crippen LogP contribution < -0.4 is 5.32 Å². The number of rotatable bonds is 6. The lowest BCUT2D eigenvalue weighted by atomic mass is 10.1. The second kappa shape index (κ2) is 9.94. The predicted octanol–water partition coefficient (Wildman–Crippen LogP) is 4.52. The molecule has 6 rings (SSSR count). The second-order valence-electron chi connectivity index (χ2n) is 9.44. The summed E-state index contributed by atoms with van der Waals surface area (Å²) in [7, 11) is 0. The maximum atomic E-state index is 13.3. The van der Waals surface area contributed by atoms with E-state index < -0.39 is 0 Å². The molecule has 0 saturated carbocycles. The number of hydrogen-bond donors (Lipinski definition) is 1. The van der Waals surface area contributed by atoms with Crippen LogP contribution in [0.4, 0.5) is 5.82 Å². The van der Waals surface area contributed by atoms with Crippen LogP contribution in [-0.2, 0) is 6.54 Å². The number of piperidine rings is 1. The first-order chi connectivity index (χ1) is 18.1. The minimum atomic E-state index is -0.297. The van der Waals surface area contributed by atoms with E-state index in [9.17, 15) is 4.79 Å². The molecule has 1 aliphatic rings. The summed E-state index contributed by atoms with van der Waals surface area (Å²) >= 11 is 0. The fourth-order valence-electron chi connectivity index (χ4n) is 4.74. The molecule has 0 spiro atoms. The number of hydrogen-bond acceptors (Lipinski definition) is 6. The maximum Gasteiger partial charge on any atom is 0.262 e. The number of pyridine rings is 1. The Morgan fingerprint density at radius 3 is 2.68 bits per heavy atom. The van der Waals surface area contributed by atoms with Gasteiger partial charge in [0.15, 0.2) is 5.65 Å². The van der Waals surface area contributed by atoms with Gasteiger partial charge in [-0.1, -0.05) is 24.1 Å². The van der Waals surface area contributed by atoms with Gasteiger partial charge in [0.05, 0.1) is 23.3 Å². The van der Waals surface area contributed by atoms with E-state index in [4.69, 9.17) is 5.10 Å². The summed E-state index contributed by atoms with van der Waals surface area (Å²) in [5, 5.41) is 12.2. The number of aromatic nitrogens is 6. The lowest BCUT2D eigenvalue weighted by Gasteiger charge is -2.25. The molecule has 9 heteroatoms. The monoisotopic (exact) mass is 492 g/mol. The van der Waals surface area contributed by atoms with E-state index in [-0.39, 0.29) is 5.91 Å². The molecule has 186 valence electrons. The molecule has 1 N–H and O–H groups in total. The molecule has 0 radical (unpaired) electrons. The zero-order chi connectivity index (χ0) is 25.2. The molecular weight excluding hydrogens is 464 g/mol. The van der Waals surface area contributed by atoms with Crippen molar-refractivity contribution < 1.29 is 4.79 Å². The maximum absolute atomic E-state index is 13.3. The topological polar surface area (TPSA) is 93.2 Å². The van der Waals surface area contributed by atoms with Crippen LogP contribution in [0.15, 0.2) is 73.3 Å². The first-order valence-electron chi connectivity index (χ1n) is 12.6. The van der Waals surface area contributed by atoms with Crippen LogP contribution in [0.5, 0.6) is 0 Å². The zero-order valence-corrected chi connectivity index (χ0v) is 20.7. The number of anilines is 1. The highest BCUT2D eigenvalue weighted by Gasteiger charge is 2.19. The summed E-state index contributed by atoms with van der Waals surface area (Å²) in [6.45, 7) is 5.10. The van der Waals surface area contributed by atoms with Crippen molar-refractivity contribution >= 4 is 17.4 Å². The first kappa shape index (κ1) is 23.1. The summed E-state index contributed by atoms with van der Waals surface area (Å²) in [4.78, 5) is 24.7. The van der Waals surface area contributed by atoms with Gasteiger partial charge in [-0.25, -0.2) is 14.2 Å². The highest BCUT2D eigenvalue weighted by molar-refractivity contribution is 6.08. The van der Waals surface area contributed by atoms with Gasteiger partial charge in [-0.15, -0.1) is 0 Å². The van der Waals surface area contributed by atoms with Crippen LogP contribution in [0.2, 0.25) is 0 Å². The van der Waals surface area contributed by atoms with Gasteiger partial charge in [0.25, 0.3) is 5.91 Å². The molecule has 9 nitrogen and oxygen atoms in total. The zero-order valence-electron chi connectivity index (χ0n) is 20.7. The van der Waals surface area contributed by atoms with Gasteiger partial charge < -0.3 is 5.32 Å². The Balaban J connectivity index is 1.34. The number of benzene rings is 1. The number of nitrogens with one attached hydrogen (secondary N) is 1. The van der Waals surface area contributed by atoms with Crippen LogP contribution in [-0.4, -0.2) is 53.3 Å². The Bertz CT molecular complexity index is 1550. The molecular formula is C28H28N8O. The molecule has 1 amide bonds. The highest BCUT2D eigenvalue weighted by Crippen LogP contribution is 2.26. The van der Waals surface area contributed by atoms with Crippen LogP contribution >= 0.6 is 0 Å². The van der Waals surface area contributed by atoms with E-state index >= 15 is 0 Å². The quantitative estimate of drug-likeness (QED) is 0.375. The average Bonchev–Trinajstić information content (AvgIpc) is 3.55. The van der Waals surface area contributed by atoms with E-state index in [1.54, 1.807) is 27.7 Å². The van der Waals surface area contributed by atoms with Crippen LogP contribution in [0.25, 0.3) is 22.6 Å². The number of carbonyl (C=O) groups is 1. The van der Waals surface area contributed by atoms with Crippen molar-refractivity contribution in [3.63, 3.8) is 0 Å². The van der Waals surface area contributed by atoms with Crippen molar-refractivity contribution in [1.82, 2.24) is 34.3 Å². The molecule has 4 aromatic heterocycles. The normalized spacial score (nSPS) is 14.2. The lowest BCUT2D eigenvalue weighted by molar-refractivity contribution is 0.102.